The van der Waals surface area contributed by atoms with Crippen LogP contribution in [-0.4, -0.2) is 61.4 Å². The quantitative estimate of drug-likeness (QED) is 0.800. The standard InChI is InChI=1S/C22H27N3O3/c1-28-20-10-7-18(8-11-20)9-12-22(27)25-15-13-24(14-16-25)17-21(26)23-19-5-3-2-4-6-19/h2-8,10-11H,9,12-17H2,1H3,(H,23,26). The minimum absolute atomic E-state index is 0.0227. The largest absolute Gasteiger partial charge is 0.497 e. The highest BCUT2D eigenvalue weighted by atomic mass is 16.5. The maximum atomic E-state index is 12.5. The Morgan fingerprint density at radius 3 is 2.29 bits per heavy atom. The molecule has 1 N–H and O–H groups in total. The van der Waals surface area contributed by atoms with Gasteiger partial charge in [0.05, 0.1) is 13.7 Å². The third kappa shape index (κ3) is 5.82. The van der Waals surface area contributed by atoms with Crippen LogP contribution in [0, 0.1) is 0 Å². The van der Waals surface area contributed by atoms with E-state index in [0.717, 1.165) is 36.5 Å². The summed E-state index contributed by atoms with van der Waals surface area (Å²) in [6, 6.07) is 17.3. The van der Waals surface area contributed by atoms with Crippen molar-refractivity contribution >= 4 is 17.5 Å². The van der Waals surface area contributed by atoms with Crippen molar-refractivity contribution in [2.24, 2.45) is 0 Å². The molecule has 6 nitrogen and oxygen atoms in total. The van der Waals surface area contributed by atoms with Crippen LogP contribution in [-0.2, 0) is 16.0 Å². The summed E-state index contributed by atoms with van der Waals surface area (Å²) >= 11 is 0. The zero-order valence-electron chi connectivity index (χ0n) is 16.3. The van der Waals surface area contributed by atoms with Crippen molar-refractivity contribution in [1.29, 1.82) is 0 Å². The van der Waals surface area contributed by atoms with Gasteiger partial charge in [0, 0.05) is 38.3 Å². The number of carbonyl (C=O) groups is 2. The molecule has 0 atom stereocenters. The molecule has 0 aromatic heterocycles. The molecule has 1 saturated heterocycles. The number of benzene rings is 2. The number of ether oxygens (including phenoxy) is 1. The fraction of sp³-hybridized carbons (Fsp3) is 0.364. The fourth-order valence-electron chi connectivity index (χ4n) is 3.28. The van der Waals surface area contributed by atoms with Crippen LogP contribution >= 0.6 is 0 Å². The number of nitrogens with zero attached hydrogens (tertiary/aromatic N) is 2. The first-order chi connectivity index (χ1) is 13.6. The Morgan fingerprint density at radius 1 is 0.964 bits per heavy atom. The number of rotatable bonds is 7. The van der Waals surface area contributed by atoms with E-state index in [9.17, 15) is 9.59 Å². The second kappa shape index (κ2) is 9.90. The van der Waals surface area contributed by atoms with E-state index >= 15 is 0 Å². The fourth-order valence-corrected chi connectivity index (χ4v) is 3.28. The molecular weight excluding hydrogens is 354 g/mol. The van der Waals surface area contributed by atoms with Crippen LogP contribution < -0.4 is 10.1 Å². The lowest BCUT2D eigenvalue weighted by molar-refractivity contribution is -0.133. The molecule has 0 aliphatic carbocycles. The minimum Gasteiger partial charge on any atom is -0.497 e. The molecule has 2 aromatic rings. The number of amides is 2. The van der Waals surface area contributed by atoms with Crippen molar-refractivity contribution in [2.45, 2.75) is 12.8 Å². The van der Waals surface area contributed by atoms with Crippen LogP contribution in [0.3, 0.4) is 0 Å². The Hall–Kier alpha value is -2.86. The predicted molar refractivity (Wildman–Crippen MR) is 109 cm³/mol. The van der Waals surface area contributed by atoms with Crippen LogP contribution in [0.2, 0.25) is 0 Å². The highest BCUT2D eigenvalue weighted by Gasteiger charge is 2.22. The number of piperazine rings is 1. The molecule has 6 heteroatoms. The lowest BCUT2D eigenvalue weighted by Gasteiger charge is -2.34. The van der Waals surface area contributed by atoms with Gasteiger partial charge in [-0.05, 0) is 36.2 Å². The summed E-state index contributed by atoms with van der Waals surface area (Å²) in [6.07, 6.45) is 1.23. The predicted octanol–water partition coefficient (Wildman–Crippen LogP) is 2.41. The van der Waals surface area contributed by atoms with Gasteiger partial charge >= 0.3 is 0 Å². The second-order valence-corrected chi connectivity index (χ2v) is 6.92. The summed E-state index contributed by atoms with van der Waals surface area (Å²) in [5.41, 5.74) is 1.94. The molecule has 1 aliphatic heterocycles. The first-order valence-electron chi connectivity index (χ1n) is 9.62. The Labute approximate surface area is 166 Å². The van der Waals surface area contributed by atoms with Gasteiger partial charge in [0.1, 0.15) is 5.75 Å². The van der Waals surface area contributed by atoms with Crippen molar-refractivity contribution in [2.75, 3.05) is 45.2 Å². The molecule has 0 bridgehead atoms. The molecular formula is C22H27N3O3. The van der Waals surface area contributed by atoms with Crippen LogP contribution in [0.5, 0.6) is 5.75 Å². The van der Waals surface area contributed by atoms with Gasteiger partial charge in [-0.3, -0.25) is 14.5 Å². The molecule has 2 aromatic carbocycles. The number of nitrogens with one attached hydrogen (secondary N) is 1. The van der Waals surface area contributed by atoms with Gasteiger partial charge in [0.15, 0.2) is 0 Å². The zero-order chi connectivity index (χ0) is 19.8. The summed E-state index contributed by atoms with van der Waals surface area (Å²) in [5, 5.41) is 2.90. The molecule has 0 radical (unpaired) electrons. The number of anilines is 1. The second-order valence-electron chi connectivity index (χ2n) is 6.92. The van der Waals surface area contributed by atoms with E-state index in [4.69, 9.17) is 4.74 Å². The summed E-state index contributed by atoms with van der Waals surface area (Å²) in [7, 11) is 1.64. The third-order valence-corrected chi connectivity index (χ3v) is 4.94. The Balaban J connectivity index is 1.38. The first kappa shape index (κ1) is 19.9. The molecule has 1 heterocycles. The van der Waals surface area contributed by atoms with Gasteiger partial charge < -0.3 is 15.0 Å². The molecule has 1 fully saturated rings. The first-order valence-corrected chi connectivity index (χ1v) is 9.62. The number of carbonyl (C=O) groups excluding carboxylic acids is 2. The average Bonchev–Trinajstić information content (AvgIpc) is 2.73. The smallest absolute Gasteiger partial charge is 0.238 e. The van der Waals surface area contributed by atoms with Crippen molar-refractivity contribution in [3.05, 3.63) is 60.2 Å². The van der Waals surface area contributed by atoms with Gasteiger partial charge in [0.25, 0.3) is 0 Å². The van der Waals surface area contributed by atoms with Crippen molar-refractivity contribution in [1.82, 2.24) is 9.80 Å². The Morgan fingerprint density at radius 2 is 1.64 bits per heavy atom. The Kier molecular flexibility index (Phi) is 7.03. The molecule has 0 unspecified atom stereocenters. The van der Waals surface area contributed by atoms with Crippen molar-refractivity contribution in [3.63, 3.8) is 0 Å². The summed E-state index contributed by atoms with van der Waals surface area (Å²) < 4.78 is 5.15. The van der Waals surface area contributed by atoms with Gasteiger partial charge in [-0.25, -0.2) is 0 Å². The van der Waals surface area contributed by atoms with E-state index in [1.54, 1.807) is 7.11 Å². The molecule has 0 saturated carbocycles. The van der Waals surface area contributed by atoms with Gasteiger partial charge in [-0.2, -0.15) is 0 Å². The van der Waals surface area contributed by atoms with E-state index in [-0.39, 0.29) is 11.8 Å². The average molecular weight is 381 g/mol. The molecule has 28 heavy (non-hydrogen) atoms. The lowest BCUT2D eigenvalue weighted by atomic mass is 10.1. The van der Waals surface area contributed by atoms with Crippen LogP contribution in [0.4, 0.5) is 5.69 Å². The van der Waals surface area contributed by atoms with Crippen molar-refractivity contribution in [3.8, 4) is 5.75 Å². The van der Waals surface area contributed by atoms with E-state index in [0.29, 0.717) is 26.1 Å². The summed E-state index contributed by atoms with van der Waals surface area (Å²) in [6.45, 7) is 3.12. The zero-order valence-corrected chi connectivity index (χ0v) is 16.3. The van der Waals surface area contributed by atoms with Gasteiger partial charge in [-0.1, -0.05) is 30.3 Å². The number of hydrogen-bond acceptors (Lipinski definition) is 4. The number of methoxy groups -OCH3 is 1. The summed E-state index contributed by atoms with van der Waals surface area (Å²) in [4.78, 5) is 28.6. The molecule has 0 spiro atoms. The van der Waals surface area contributed by atoms with Gasteiger partial charge in [-0.15, -0.1) is 0 Å². The number of para-hydroxylation sites is 1. The maximum absolute atomic E-state index is 12.5. The van der Waals surface area contributed by atoms with Crippen molar-refractivity contribution < 1.29 is 14.3 Å². The van der Waals surface area contributed by atoms with Crippen LogP contribution in [0.1, 0.15) is 12.0 Å². The highest BCUT2D eigenvalue weighted by Crippen LogP contribution is 2.14. The molecule has 1 aliphatic rings. The SMILES string of the molecule is COc1ccc(CCC(=O)N2CCN(CC(=O)Nc3ccccc3)CC2)cc1. The lowest BCUT2D eigenvalue weighted by Crippen LogP contribution is -2.50. The highest BCUT2D eigenvalue weighted by molar-refractivity contribution is 5.92. The van der Waals surface area contributed by atoms with E-state index < -0.39 is 0 Å². The van der Waals surface area contributed by atoms with E-state index in [1.807, 2.05) is 59.5 Å². The van der Waals surface area contributed by atoms with Gasteiger partial charge in [0.2, 0.25) is 11.8 Å². The molecule has 3 rings (SSSR count). The summed E-state index contributed by atoms with van der Waals surface area (Å²) in [5.74, 6) is 0.970. The number of aryl methyl sites for hydroxylation is 1. The monoisotopic (exact) mass is 381 g/mol. The third-order valence-electron chi connectivity index (χ3n) is 4.94. The van der Waals surface area contributed by atoms with E-state index in [1.165, 1.54) is 0 Å². The van der Waals surface area contributed by atoms with Crippen LogP contribution in [0.25, 0.3) is 0 Å². The molecule has 2 amide bonds. The normalized spacial score (nSPS) is 14.5. The molecule has 148 valence electrons. The van der Waals surface area contributed by atoms with Crippen LogP contribution in [0.15, 0.2) is 54.6 Å². The minimum atomic E-state index is -0.0227. The number of hydrogen-bond donors (Lipinski definition) is 1. The topological polar surface area (TPSA) is 61.9 Å². The maximum Gasteiger partial charge on any atom is 0.238 e. The Bertz CT molecular complexity index is 769. The van der Waals surface area contributed by atoms with E-state index in [2.05, 4.69) is 10.2 Å².